The molecule has 628 valence electrons. The summed E-state index contributed by atoms with van der Waals surface area (Å²) in [6.45, 7) is 18.9. The zero-order chi connectivity index (χ0) is 85.9. The van der Waals surface area contributed by atoms with E-state index in [1.807, 2.05) is 116 Å². The second-order valence-corrected chi connectivity index (χ2v) is 35.6. The number of amides is 3. The van der Waals surface area contributed by atoms with E-state index in [-0.39, 0.29) is 93.3 Å². The number of Topliss-reactive ketones (excluding diaryl/α,β-unsaturated/α-hetero) is 2. The third kappa shape index (κ3) is 32.8. The molecule has 0 spiro atoms. The monoisotopic (exact) mass is 1710 g/mol. The summed E-state index contributed by atoms with van der Waals surface area (Å²) in [5.74, 6) is -0.181. The van der Waals surface area contributed by atoms with Crippen LogP contribution in [-0.4, -0.2) is 191 Å². The summed E-state index contributed by atoms with van der Waals surface area (Å²) in [5.41, 5.74) is 1.92. The van der Waals surface area contributed by atoms with E-state index in [1.54, 1.807) is 138 Å². The molecule has 13 rings (SSSR count). The Bertz CT molecular complexity index is 4930. The maximum Gasteiger partial charge on any atom is 1.00 e. The van der Waals surface area contributed by atoms with Crippen LogP contribution in [0.2, 0.25) is 0 Å². The summed E-state index contributed by atoms with van der Waals surface area (Å²) in [6.07, 6.45) is 22.4. The Hall–Kier alpha value is -9.87. The zero-order valence-corrected chi connectivity index (χ0v) is 72.5. The first-order valence-electron chi connectivity index (χ1n) is 38.0. The van der Waals surface area contributed by atoms with Crippen molar-refractivity contribution in [3.63, 3.8) is 0 Å². The van der Waals surface area contributed by atoms with Crippen molar-refractivity contribution in [2.24, 2.45) is 44.8 Å². The number of rotatable bonds is 14. The first-order chi connectivity index (χ1) is 55.5. The van der Waals surface area contributed by atoms with Crippen molar-refractivity contribution in [1.82, 2.24) is 72.3 Å². The van der Waals surface area contributed by atoms with E-state index in [9.17, 15) is 54.0 Å². The van der Waals surface area contributed by atoms with Crippen LogP contribution in [0.15, 0.2) is 211 Å². The number of nitriles is 1. The standard InChI is InChI=1S/C22H25N5O3S.C16H22N2O3.C15H18N4O3S.C11H18N2O2.C7H5ClO.C5H4N.C4H5ClN2O2S.C2H6.Li/c1-26-15-20(24-16-26)31(29,30)27-13-10-17(11-14-27)21(19-9-5-6-12-23-19)25-22(28)18-7-3-2-4-8-18;1-16(2,3)21-15(20)18-10-7-12(8-11-18)14(19)13-6-4-5-9-17-13;1-18-10-14(17-11-18)23(21,22)19-8-5-12(6-9-19)15(20)13-4-2-3-7-16-13;1-11(2,3)15-10(14)13-6-4-9(8-12)5-7-13;8-7(9)6-4-2-1-3-5-6;1-2-4-6-5-3-1;1-7-2-4(6-3-7)10(5,8)9;1-2;/h2-9,12,15-17,21H,10-11,13-14H2,1H3,(H,25,28);4-6,9,12H,7-8,10-11H2,1-3H3;2-4,7,10-12H,5-6,8-9H2,1H3;9H,4-7H2,1-3H3;1-5H;1-4H;2-3H,1H3;1-2H3;/q;;;;;-1;;;+1. The molecule has 4 fully saturated rings. The van der Waals surface area contributed by atoms with Gasteiger partial charge in [0.1, 0.15) is 22.6 Å². The molecule has 11 heterocycles. The number of nitrogens with zero attached hydrogens (tertiary/aromatic N) is 15. The largest absolute Gasteiger partial charge is 1.00 e. The van der Waals surface area contributed by atoms with E-state index >= 15 is 0 Å². The molecular weight excluding hydrogens is 1610 g/mol. The minimum absolute atomic E-state index is 0. The van der Waals surface area contributed by atoms with Crippen molar-refractivity contribution in [1.29, 1.82) is 5.26 Å². The van der Waals surface area contributed by atoms with Crippen LogP contribution in [0.1, 0.15) is 160 Å². The molecule has 3 amide bonds. The molecule has 7 aromatic heterocycles. The molecule has 118 heavy (non-hydrogen) atoms. The van der Waals surface area contributed by atoms with Crippen LogP contribution >= 0.6 is 22.3 Å². The number of sulfonamides is 2. The molecule has 0 aliphatic carbocycles. The SMILES string of the molecule is CC.CC(C)(C)OC(=O)N1CCC(C#N)CC1.CC(C)(C)OC(=O)N1CCC(C(=O)c2ccccn2)CC1.Cn1cnc(S(=O)(=O)Cl)c1.Cn1cnc(S(=O)(=O)N2CCC(C(=O)c3ccccn3)CC2)c1.Cn1cnc(S(=O)(=O)N2CCC(C(NC(=O)c3ccccc3)c3ccccn3)CC2)c1.O=C(Cl)c1ccccc1.[Li+].[c-]1ccccn1. The van der Waals surface area contributed by atoms with E-state index < -0.39 is 45.5 Å². The van der Waals surface area contributed by atoms with Gasteiger partial charge < -0.3 is 43.3 Å². The Morgan fingerprint density at radius 1 is 0.500 bits per heavy atom. The normalized spacial score (nSPS) is 15.2. The number of ether oxygens (including phenoxy) is 2. The van der Waals surface area contributed by atoms with Crippen molar-refractivity contribution in [2.75, 3.05) is 52.4 Å². The number of piperidine rings is 4. The molecule has 0 saturated carbocycles. The molecular formula is C82H103Cl2LiN16O14S3. The molecule has 2 aromatic carbocycles. The molecule has 1 atom stereocenters. The predicted molar refractivity (Wildman–Crippen MR) is 441 cm³/mol. The number of carbonyl (C=O) groups excluding carboxylic acids is 6. The fourth-order valence-electron chi connectivity index (χ4n) is 11.9. The third-order valence-corrected chi connectivity index (χ3v) is 22.8. The number of likely N-dealkylation sites (tertiary alicyclic amines) is 2. The van der Waals surface area contributed by atoms with Crippen molar-refractivity contribution in [3.8, 4) is 6.07 Å². The average Bonchev–Trinajstić information content (AvgIpc) is 1.49. The summed E-state index contributed by atoms with van der Waals surface area (Å²) in [6, 6.07) is 41.4. The molecule has 9 aromatic rings. The van der Waals surface area contributed by atoms with Crippen LogP contribution in [0.3, 0.4) is 0 Å². The minimum atomic E-state index is -3.64. The van der Waals surface area contributed by atoms with Gasteiger partial charge in [-0.05, 0) is 159 Å². The number of halogens is 2. The molecule has 30 nitrogen and oxygen atoms in total. The summed E-state index contributed by atoms with van der Waals surface area (Å²) >= 11 is 5.16. The topological polar surface area (TPSA) is 377 Å². The van der Waals surface area contributed by atoms with E-state index in [1.165, 1.54) is 50.8 Å². The Labute approximate surface area is 713 Å². The molecule has 4 aliphatic rings. The van der Waals surface area contributed by atoms with Crippen LogP contribution in [0, 0.1) is 41.2 Å². The first kappa shape index (κ1) is 98.7. The minimum Gasteiger partial charge on any atom is -0.444 e. The van der Waals surface area contributed by atoms with Gasteiger partial charge in [0.05, 0.1) is 36.8 Å². The molecule has 36 heteroatoms. The van der Waals surface area contributed by atoms with Crippen LogP contribution in [0.5, 0.6) is 0 Å². The van der Waals surface area contributed by atoms with Gasteiger partial charge in [0.25, 0.3) is 40.2 Å². The quantitative estimate of drug-likeness (QED) is 0.0457. The second-order valence-electron chi connectivity index (χ2n) is 28.9. The molecule has 0 radical (unpaired) electrons. The molecule has 0 bridgehead atoms. The average molecular weight is 1710 g/mol. The fourth-order valence-corrected chi connectivity index (χ4v) is 15.6. The number of nitrogens with one attached hydrogen (secondary N) is 1. The summed E-state index contributed by atoms with van der Waals surface area (Å²) < 4.78 is 90.0. The van der Waals surface area contributed by atoms with Crippen LogP contribution in [-0.2, 0) is 59.7 Å². The number of carbonyl (C=O) groups is 6. The Kier molecular flexibility index (Phi) is 40.4. The number of hydrogen-bond acceptors (Lipinski definition) is 22. The van der Waals surface area contributed by atoms with Crippen LogP contribution in [0.4, 0.5) is 9.59 Å². The Morgan fingerprint density at radius 3 is 1.19 bits per heavy atom. The second kappa shape index (κ2) is 48.3. The van der Waals surface area contributed by atoms with Gasteiger partial charge in [0.15, 0.2) is 26.6 Å². The van der Waals surface area contributed by atoms with Crippen LogP contribution in [0.25, 0.3) is 0 Å². The van der Waals surface area contributed by atoms with Gasteiger partial charge in [-0.25, -0.2) is 49.8 Å². The van der Waals surface area contributed by atoms with Crippen molar-refractivity contribution in [2.45, 2.75) is 139 Å². The van der Waals surface area contributed by atoms with Gasteiger partial charge in [0, 0.05) is 150 Å². The summed E-state index contributed by atoms with van der Waals surface area (Å²) in [4.78, 5) is 103. The zero-order valence-electron chi connectivity index (χ0n) is 68.6. The number of imidazole rings is 3. The number of pyridine rings is 4. The van der Waals surface area contributed by atoms with Gasteiger partial charge in [-0.3, -0.25) is 34.1 Å². The van der Waals surface area contributed by atoms with E-state index in [2.05, 4.69) is 52.5 Å². The van der Waals surface area contributed by atoms with Crippen molar-refractivity contribution >= 4 is 86.3 Å². The molecule has 4 saturated heterocycles. The van der Waals surface area contributed by atoms with Crippen molar-refractivity contribution in [3.05, 3.63) is 230 Å². The van der Waals surface area contributed by atoms with Gasteiger partial charge in [0.2, 0.25) is 0 Å². The van der Waals surface area contributed by atoms with E-state index in [4.69, 9.17) is 37.0 Å². The smallest absolute Gasteiger partial charge is 0.444 e. The first-order valence-corrected chi connectivity index (χ1v) is 43.5. The molecule has 4 aliphatic heterocycles. The predicted octanol–water partition coefficient (Wildman–Crippen LogP) is 9.88. The summed E-state index contributed by atoms with van der Waals surface area (Å²) in [7, 11) is -0.744. The van der Waals surface area contributed by atoms with Gasteiger partial charge in [-0.1, -0.05) is 93.0 Å². The van der Waals surface area contributed by atoms with Gasteiger partial charge in [-0.15, -0.1) is 0 Å². The number of aryl methyl sites for hydroxylation is 3. The molecule has 1 unspecified atom stereocenters. The van der Waals surface area contributed by atoms with Crippen molar-refractivity contribution < 1.29 is 82.4 Å². The number of hydrogen-bond donors (Lipinski definition) is 1. The number of ketones is 2. The summed E-state index contributed by atoms with van der Waals surface area (Å²) in [5, 5.41) is 11.4. The fraction of sp³-hybridized carbons (Fsp3) is 0.415. The van der Waals surface area contributed by atoms with Gasteiger partial charge in [-0.2, -0.15) is 32.1 Å². The maximum atomic E-state index is 12.9. The van der Waals surface area contributed by atoms with Crippen LogP contribution < -0.4 is 24.2 Å². The third-order valence-electron chi connectivity index (χ3n) is 17.8. The van der Waals surface area contributed by atoms with Gasteiger partial charge >= 0.3 is 31.0 Å². The van der Waals surface area contributed by atoms with E-state index in [0.29, 0.717) is 113 Å². The Morgan fingerprint density at radius 2 is 0.881 bits per heavy atom. The maximum absolute atomic E-state index is 12.9. The number of aromatic nitrogens is 10. The Balaban J connectivity index is 0.000000257. The number of benzene rings is 2. The molecule has 1 N–H and O–H groups in total. The van der Waals surface area contributed by atoms with E-state index in [0.717, 1.165) is 18.5 Å².